The van der Waals surface area contributed by atoms with E-state index in [0.717, 1.165) is 12.0 Å². The van der Waals surface area contributed by atoms with E-state index in [1.807, 2.05) is 0 Å². The number of nitrogens with zero attached hydrogens (tertiary/aromatic N) is 1. The normalized spacial score (nSPS) is 31.2. The minimum absolute atomic E-state index is 0.898. The Morgan fingerprint density at radius 3 is 2.67 bits per heavy atom. The van der Waals surface area contributed by atoms with Gasteiger partial charge >= 0.3 is 0 Å². The first-order valence-electron chi connectivity index (χ1n) is 5.49. The summed E-state index contributed by atoms with van der Waals surface area (Å²) in [7, 11) is 2.29. The molecule has 0 aromatic rings. The van der Waals surface area contributed by atoms with E-state index in [1.165, 1.54) is 38.6 Å². The van der Waals surface area contributed by atoms with Crippen LogP contribution in [0.1, 0.15) is 46.0 Å². The Morgan fingerprint density at radius 2 is 2.08 bits per heavy atom. The van der Waals surface area contributed by atoms with Crippen LogP contribution in [0.2, 0.25) is 0 Å². The minimum atomic E-state index is 0.898. The molecule has 0 N–H and O–H groups in total. The second-order valence-electron chi connectivity index (χ2n) is 4.15. The monoisotopic (exact) mass is 169 g/mol. The molecule has 0 aromatic carbocycles. The summed E-state index contributed by atoms with van der Waals surface area (Å²) in [6, 6.07) is 0.898. The Balaban J connectivity index is 2.35. The van der Waals surface area contributed by atoms with Crippen molar-refractivity contribution in [3.8, 4) is 0 Å². The lowest BCUT2D eigenvalue weighted by Gasteiger charge is -2.23. The molecular weight excluding hydrogens is 146 g/mol. The summed E-state index contributed by atoms with van der Waals surface area (Å²) in [4.78, 5) is 2.56. The third kappa shape index (κ3) is 2.22. The summed E-state index contributed by atoms with van der Waals surface area (Å²) in [6.45, 7) is 5.95. The molecule has 0 amide bonds. The van der Waals surface area contributed by atoms with Crippen molar-refractivity contribution in [3.63, 3.8) is 0 Å². The van der Waals surface area contributed by atoms with E-state index < -0.39 is 0 Å². The Kier molecular flexibility index (Phi) is 4.07. The summed E-state index contributed by atoms with van der Waals surface area (Å²) in [5, 5.41) is 0. The fourth-order valence-corrected chi connectivity index (χ4v) is 2.43. The highest BCUT2D eigenvalue weighted by Gasteiger charge is 2.29. The van der Waals surface area contributed by atoms with Crippen molar-refractivity contribution in [1.29, 1.82) is 0 Å². The van der Waals surface area contributed by atoms with E-state index in [-0.39, 0.29) is 0 Å². The van der Waals surface area contributed by atoms with Gasteiger partial charge in [0.25, 0.3) is 0 Å². The third-order valence-corrected chi connectivity index (χ3v) is 3.34. The summed E-state index contributed by atoms with van der Waals surface area (Å²) in [6.07, 6.45) is 6.98. The fraction of sp³-hybridized carbons (Fsp3) is 1.00. The van der Waals surface area contributed by atoms with Gasteiger partial charge in [-0.1, -0.05) is 33.1 Å². The van der Waals surface area contributed by atoms with Crippen molar-refractivity contribution in [2.24, 2.45) is 5.92 Å². The van der Waals surface area contributed by atoms with Gasteiger partial charge in [-0.05, 0) is 32.4 Å². The lowest BCUT2D eigenvalue weighted by molar-refractivity contribution is 0.249. The van der Waals surface area contributed by atoms with E-state index in [0.29, 0.717) is 0 Å². The molecule has 0 bridgehead atoms. The molecule has 12 heavy (non-hydrogen) atoms. The van der Waals surface area contributed by atoms with Crippen molar-refractivity contribution >= 4 is 0 Å². The van der Waals surface area contributed by atoms with Gasteiger partial charge in [0.05, 0.1) is 0 Å². The van der Waals surface area contributed by atoms with Gasteiger partial charge < -0.3 is 4.90 Å². The Morgan fingerprint density at radius 1 is 1.33 bits per heavy atom. The van der Waals surface area contributed by atoms with Crippen LogP contribution in [0.15, 0.2) is 0 Å². The van der Waals surface area contributed by atoms with Crippen LogP contribution in [-0.2, 0) is 0 Å². The lowest BCUT2D eigenvalue weighted by Crippen LogP contribution is -2.28. The molecule has 0 aromatic heterocycles. The summed E-state index contributed by atoms with van der Waals surface area (Å²) >= 11 is 0. The van der Waals surface area contributed by atoms with Crippen LogP contribution in [-0.4, -0.2) is 24.5 Å². The molecule has 0 spiro atoms. The minimum Gasteiger partial charge on any atom is -0.303 e. The van der Waals surface area contributed by atoms with E-state index in [4.69, 9.17) is 0 Å². The van der Waals surface area contributed by atoms with Gasteiger partial charge in [-0.3, -0.25) is 0 Å². The second kappa shape index (κ2) is 4.86. The molecule has 1 fully saturated rings. The predicted molar refractivity (Wildman–Crippen MR) is 54.3 cm³/mol. The number of likely N-dealkylation sites (tertiary alicyclic amines) is 1. The van der Waals surface area contributed by atoms with Crippen molar-refractivity contribution in [3.05, 3.63) is 0 Å². The van der Waals surface area contributed by atoms with Gasteiger partial charge in [0.2, 0.25) is 0 Å². The summed E-state index contributed by atoms with van der Waals surface area (Å²) in [5.74, 6) is 0.988. The molecule has 1 nitrogen and oxygen atoms in total. The number of hydrogen-bond donors (Lipinski definition) is 0. The average molecular weight is 169 g/mol. The summed E-state index contributed by atoms with van der Waals surface area (Å²) in [5.41, 5.74) is 0. The van der Waals surface area contributed by atoms with Crippen LogP contribution >= 0.6 is 0 Å². The smallest absolute Gasteiger partial charge is 0.0121 e. The van der Waals surface area contributed by atoms with Gasteiger partial charge in [-0.2, -0.15) is 0 Å². The van der Waals surface area contributed by atoms with Crippen LogP contribution in [0, 0.1) is 5.92 Å². The first-order chi connectivity index (χ1) is 5.79. The average Bonchev–Trinajstić information content (AvgIpc) is 2.43. The Bertz CT molecular complexity index is 122. The van der Waals surface area contributed by atoms with Crippen molar-refractivity contribution < 1.29 is 0 Å². The molecule has 1 saturated heterocycles. The van der Waals surface area contributed by atoms with Crippen LogP contribution in [0.5, 0.6) is 0 Å². The molecule has 2 unspecified atom stereocenters. The highest BCUT2D eigenvalue weighted by atomic mass is 15.2. The zero-order chi connectivity index (χ0) is 8.97. The van der Waals surface area contributed by atoms with Crippen LogP contribution < -0.4 is 0 Å². The second-order valence-corrected chi connectivity index (χ2v) is 4.15. The molecule has 1 heteroatoms. The molecule has 1 aliphatic heterocycles. The molecule has 72 valence electrons. The largest absolute Gasteiger partial charge is 0.303 e. The topological polar surface area (TPSA) is 3.24 Å². The first kappa shape index (κ1) is 10.0. The molecule has 0 saturated carbocycles. The van der Waals surface area contributed by atoms with E-state index in [9.17, 15) is 0 Å². The van der Waals surface area contributed by atoms with Crippen LogP contribution in [0.3, 0.4) is 0 Å². The first-order valence-corrected chi connectivity index (χ1v) is 5.49. The number of unbranched alkanes of at least 4 members (excludes halogenated alkanes) is 1. The predicted octanol–water partition coefficient (Wildman–Crippen LogP) is 2.91. The zero-order valence-corrected chi connectivity index (χ0v) is 8.84. The quantitative estimate of drug-likeness (QED) is 0.625. The molecule has 2 atom stereocenters. The standard InChI is InChI=1S/C11H23N/c1-4-6-7-11-10(5-2)8-9-12(11)3/h10-11H,4-9H2,1-3H3. The van der Waals surface area contributed by atoms with Gasteiger partial charge in [0.1, 0.15) is 0 Å². The zero-order valence-electron chi connectivity index (χ0n) is 8.84. The maximum atomic E-state index is 2.56. The van der Waals surface area contributed by atoms with Gasteiger partial charge in [-0.25, -0.2) is 0 Å². The van der Waals surface area contributed by atoms with Crippen molar-refractivity contribution in [1.82, 2.24) is 4.90 Å². The van der Waals surface area contributed by atoms with Gasteiger partial charge in [0, 0.05) is 6.04 Å². The molecule has 1 heterocycles. The molecule has 1 rings (SSSR count). The van der Waals surface area contributed by atoms with Crippen molar-refractivity contribution in [2.75, 3.05) is 13.6 Å². The van der Waals surface area contributed by atoms with E-state index in [2.05, 4.69) is 25.8 Å². The summed E-state index contributed by atoms with van der Waals surface area (Å²) < 4.78 is 0. The SMILES string of the molecule is CCCCC1C(CC)CCN1C. The molecule has 0 radical (unpaired) electrons. The maximum Gasteiger partial charge on any atom is 0.0121 e. The Hall–Kier alpha value is -0.0400. The number of rotatable bonds is 4. The molecular formula is C11H23N. The van der Waals surface area contributed by atoms with Crippen molar-refractivity contribution in [2.45, 2.75) is 52.0 Å². The van der Waals surface area contributed by atoms with E-state index >= 15 is 0 Å². The fourth-order valence-electron chi connectivity index (χ4n) is 2.43. The maximum absolute atomic E-state index is 2.56. The van der Waals surface area contributed by atoms with Gasteiger partial charge in [0.15, 0.2) is 0 Å². The number of hydrogen-bond acceptors (Lipinski definition) is 1. The molecule has 1 aliphatic rings. The highest BCUT2D eigenvalue weighted by Crippen LogP contribution is 2.28. The van der Waals surface area contributed by atoms with Crippen LogP contribution in [0.4, 0.5) is 0 Å². The lowest BCUT2D eigenvalue weighted by atomic mass is 9.94. The van der Waals surface area contributed by atoms with Crippen LogP contribution in [0.25, 0.3) is 0 Å². The third-order valence-electron chi connectivity index (χ3n) is 3.34. The highest BCUT2D eigenvalue weighted by molar-refractivity contribution is 4.83. The van der Waals surface area contributed by atoms with E-state index in [1.54, 1.807) is 0 Å². The Labute approximate surface area is 77.1 Å². The molecule has 0 aliphatic carbocycles. The van der Waals surface area contributed by atoms with Gasteiger partial charge in [-0.15, -0.1) is 0 Å².